The van der Waals surface area contributed by atoms with Crippen LogP contribution in [0.3, 0.4) is 0 Å². The van der Waals surface area contributed by atoms with Crippen molar-refractivity contribution in [1.29, 1.82) is 0 Å². The largest absolute Gasteiger partial charge is 0.309 e. The van der Waals surface area contributed by atoms with Gasteiger partial charge in [-0.25, -0.2) is 4.98 Å². The lowest BCUT2D eigenvalue weighted by Gasteiger charge is -2.08. The average Bonchev–Trinajstić information content (AvgIpc) is 2.69. The molecule has 0 atom stereocenters. The van der Waals surface area contributed by atoms with Crippen molar-refractivity contribution in [3.8, 4) is 5.82 Å². The Labute approximate surface area is 93.7 Å². The second-order valence-electron chi connectivity index (χ2n) is 3.67. The zero-order chi connectivity index (χ0) is 10.8. The van der Waals surface area contributed by atoms with Crippen LogP contribution < -0.4 is 0 Å². The topological polar surface area (TPSA) is 30.7 Å². The highest BCUT2D eigenvalue weighted by Gasteiger charge is 2.06. The van der Waals surface area contributed by atoms with Crippen LogP contribution in [0, 0.1) is 0 Å². The van der Waals surface area contributed by atoms with E-state index in [9.17, 15) is 0 Å². The van der Waals surface area contributed by atoms with Crippen LogP contribution in [0.15, 0.2) is 30.6 Å². The lowest BCUT2D eigenvalue weighted by Crippen LogP contribution is -2.01. The summed E-state index contributed by atoms with van der Waals surface area (Å²) in [6.07, 6.45) is 3.87. The molecule has 0 amide bonds. The molecule has 2 heterocycles. The molecule has 0 saturated carbocycles. The summed E-state index contributed by atoms with van der Waals surface area (Å²) >= 11 is 5.88. The minimum atomic E-state index is 0.296. The molecule has 2 rings (SSSR count). The Balaban J connectivity index is 2.49. The summed E-state index contributed by atoms with van der Waals surface area (Å²) in [4.78, 5) is 8.36. The molecule has 0 bridgehead atoms. The fourth-order valence-electron chi connectivity index (χ4n) is 1.34. The Morgan fingerprint density at radius 1 is 1.20 bits per heavy atom. The van der Waals surface area contributed by atoms with Crippen molar-refractivity contribution >= 4 is 11.6 Å². The Morgan fingerprint density at radius 3 is 2.47 bits per heavy atom. The molecule has 2 aromatic heterocycles. The SMILES string of the molecule is CC(C)c1cc(-n2cccc2)nc(Cl)n1. The smallest absolute Gasteiger partial charge is 0.224 e. The molecule has 0 aliphatic heterocycles. The zero-order valence-corrected chi connectivity index (χ0v) is 9.44. The lowest BCUT2D eigenvalue weighted by molar-refractivity contribution is 0.805. The van der Waals surface area contributed by atoms with E-state index in [2.05, 4.69) is 23.8 Å². The Kier molecular flexibility index (Phi) is 2.73. The van der Waals surface area contributed by atoms with Crippen LogP contribution in [0.1, 0.15) is 25.5 Å². The van der Waals surface area contributed by atoms with Crippen molar-refractivity contribution in [3.05, 3.63) is 41.6 Å². The number of rotatable bonds is 2. The Morgan fingerprint density at radius 2 is 1.87 bits per heavy atom. The van der Waals surface area contributed by atoms with Crippen LogP contribution in [0.25, 0.3) is 5.82 Å². The monoisotopic (exact) mass is 221 g/mol. The van der Waals surface area contributed by atoms with Crippen LogP contribution in [0.5, 0.6) is 0 Å². The van der Waals surface area contributed by atoms with Crippen molar-refractivity contribution in [3.63, 3.8) is 0 Å². The third-order valence-electron chi connectivity index (χ3n) is 2.17. The summed E-state index contributed by atoms with van der Waals surface area (Å²) in [6, 6.07) is 5.85. The summed E-state index contributed by atoms with van der Waals surface area (Å²) in [6.45, 7) is 4.16. The van der Waals surface area contributed by atoms with E-state index < -0.39 is 0 Å². The van der Waals surface area contributed by atoms with Crippen molar-refractivity contribution in [2.45, 2.75) is 19.8 Å². The third kappa shape index (κ3) is 2.18. The van der Waals surface area contributed by atoms with Crippen LogP contribution in [-0.4, -0.2) is 14.5 Å². The summed E-state index contributed by atoms with van der Waals surface area (Å²) in [5, 5.41) is 0.296. The van der Waals surface area contributed by atoms with E-state index in [1.165, 1.54) is 0 Å². The van der Waals surface area contributed by atoms with Gasteiger partial charge in [0, 0.05) is 18.5 Å². The zero-order valence-electron chi connectivity index (χ0n) is 8.68. The normalized spacial score (nSPS) is 10.9. The van der Waals surface area contributed by atoms with Gasteiger partial charge in [-0.3, -0.25) is 0 Å². The number of aromatic nitrogens is 3. The molecule has 0 spiro atoms. The Bertz CT molecular complexity index is 449. The molecule has 15 heavy (non-hydrogen) atoms. The first kappa shape index (κ1) is 10.2. The molecule has 0 unspecified atom stereocenters. The number of halogens is 1. The lowest BCUT2D eigenvalue weighted by atomic mass is 10.1. The molecular weight excluding hydrogens is 210 g/mol. The van der Waals surface area contributed by atoms with Crippen LogP contribution in [-0.2, 0) is 0 Å². The average molecular weight is 222 g/mol. The highest BCUT2D eigenvalue weighted by atomic mass is 35.5. The van der Waals surface area contributed by atoms with E-state index in [1.54, 1.807) is 0 Å². The van der Waals surface area contributed by atoms with E-state index in [0.29, 0.717) is 11.2 Å². The standard InChI is InChI=1S/C11H12ClN3/c1-8(2)9-7-10(14-11(12)13-9)15-5-3-4-6-15/h3-8H,1-2H3. The molecule has 3 nitrogen and oxygen atoms in total. The van der Waals surface area contributed by atoms with E-state index >= 15 is 0 Å². The van der Waals surface area contributed by atoms with Crippen LogP contribution in [0.4, 0.5) is 0 Å². The van der Waals surface area contributed by atoms with E-state index in [0.717, 1.165) is 11.5 Å². The molecule has 0 aromatic carbocycles. The molecule has 78 valence electrons. The van der Waals surface area contributed by atoms with Gasteiger partial charge in [0.25, 0.3) is 0 Å². The first-order chi connectivity index (χ1) is 7.16. The van der Waals surface area contributed by atoms with Gasteiger partial charge in [0.1, 0.15) is 5.82 Å². The molecule has 2 aromatic rings. The van der Waals surface area contributed by atoms with Gasteiger partial charge in [-0.1, -0.05) is 13.8 Å². The maximum atomic E-state index is 5.88. The minimum Gasteiger partial charge on any atom is -0.309 e. The fraction of sp³-hybridized carbons (Fsp3) is 0.273. The van der Waals surface area contributed by atoms with Gasteiger partial charge in [0.15, 0.2) is 0 Å². The molecule has 0 radical (unpaired) electrons. The highest BCUT2D eigenvalue weighted by molar-refractivity contribution is 6.28. The molecule has 0 N–H and O–H groups in total. The van der Waals surface area contributed by atoms with E-state index in [4.69, 9.17) is 11.6 Å². The first-order valence-corrected chi connectivity index (χ1v) is 5.22. The van der Waals surface area contributed by atoms with Gasteiger partial charge in [0.2, 0.25) is 5.28 Å². The predicted molar refractivity (Wildman–Crippen MR) is 60.5 cm³/mol. The maximum Gasteiger partial charge on any atom is 0.224 e. The highest BCUT2D eigenvalue weighted by Crippen LogP contribution is 2.17. The molecular formula is C11H12ClN3. The summed E-state index contributed by atoms with van der Waals surface area (Å²) in [5.41, 5.74) is 0.957. The van der Waals surface area contributed by atoms with Gasteiger partial charge in [-0.15, -0.1) is 0 Å². The second-order valence-corrected chi connectivity index (χ2v) is 4.00. The quantitative estimate of drug-likeness (QED) is 0.730. The van der Waals surface area contributed by atoms with Gasteiger partial charge < -0.3 is 4.57 Å². The second kappa shape index (κ2) is 4.03. The number of nitrogens with zero attached hydrogens (tertiary/aromatic N) is 3. The van der Waals surface area contributed by atoms with Gasteiger partial charge in [0.05, 0.1) is 5.69 Å². The Hall–Kier alpha value is -1.35. The first-order valence-electron chi connectivity index (χ1n) is 4.84. The van der Waals surface area contributed by atoms with Crippen LogP contribution >= 0.6 is 11.6 Å². The summed E-state index contributed by atoms with van der Waals surface area (Å²) < 4.78 is 1.92. The van der Waals surface area contributed by atoms with E-state index in [1.807, 2.05) is 35.2 Å². The van der Waals surface area contributed by atoms with Gasteiger partial charge in [-0.05, 0) is 29.7 Å². The number of hydrogen-bond acceptors (Lipinski definition) is 2. The molecule has 0 aliphatic rings. The number of hydrogen-bond donors (Lipinski definition) is 0. The molecule has 0 saturated heterocycles. The third-order valence-corrected chi connectivity index (χ3v) is 2.33. The summed E-state index contributed by atoms with van der Waals surface area (Å²) in [7, 11) is 0. The van der Waals surface area contributed by atoms with Gasteiger partial charge in [-0.2, -0.15) is 4.98 Å². The van der Waals surface area contributed by atoms with Crippen molar-refractivity contribution in [1.82, 2.24) is 14.5 Å². The van der Waals surface area contributed by atoms with Crippen molar-refractivity contribution in [2.75, 3.05) is 0 Å². The maximum absolute atomic E-state index is 5.88. The summed E-state index contributed by atoms with van der Waals surface area (Å²) in [5.74, 6) is 1.16. The van der Waals surface area contributed by atoms with Crippen LogP contribution in [0.2, 0.25) is 5.28 Å². The molecule has 0 fully saturated rings. The van der Waals surface area contributed by atoms with E-state index in [-0.39, 0.29) is 0 Å². The fourth-order valence-corrected chi connectivity index (χ4v) is 1.52. The predicted octanol–water partition coefficient (Wildman–Crippen LogP) is 3.04. The van der Waals surface area contributed by atoms with Gasteiger partial charge >= 0.3 is 0 Å². The minimum absolute atomic E-state index is 0.296. The molecule has 0 aliphatic carbocycles. The van der Waals surface area contributed by atoms with Crippen molar-refractivity contribution < 1.29 is 0 Å². The van der Waals surface area contributed by atoms with Crippen molar-refractivity contribution in [2.24, 2.45) is 0 Å². The molecule has 4 heteroatoms.